The van der Waals surface area contributed by atoms with E-state index >= 15 is 0 Å². The molecule has 2 N–H and O–H groups in total. The van der Waals surface area contributed by atoms with E-state index in [1.165, 1.54) is 6.26 Å². The summed E-state index contributed by atoms with van der Waals surface area (Å²) >= 11 is 5.37. The average molecular weight is 521 g/mol. The van der Waals surface area contributed by atoms with Crippen LogP contribution in [0.4, 0.5) is 11.5 Å². The van der Waals surface area contributed by atoms with Crippen LogP contribution in [0, 0.1) is 0 Å². The van der Waals surface area contributed by atoms with E-state index in [1.54, 1.807) is 19.9 Å². The van der Waals surface area contributed by atoms with Gasteiger partial charge in [-0.3, -0.25) is 0 Å². The Hall–Kier alpha value is -2.34. The number of likely N-dealkylation sites (N-methyl/N-ethyl adjacent to an activating group) is 1. The zero-order valence-corrected chi connectivity index (χ0v) is 23.0. The van der Waals surface area contributed by atoms with Gasteiger partial charge in [-0.1, -0.05) is 0 Å². The Morgan fingerprint density at radius 3 is 2.54 bits per heavy atom. The molecule has 0 radical (unpaired) electrons. The lowest BCUT2D eigenvalue weighted by atomic mass is 10.1. The summed E-state index contributed by atoms with van der Waals surface area (Å²) in [6, 6.07) is 9.54. The van der Waals surface area contributed by atoms with Crippen LogP contribution in [0.15, 0.2) is 30.3 Å². The van der Waals surface area contributed by atoms with Gasteiger partial charge in [0.2, 0.25) is 0 Å². The molecule has 35 heavy (non-hydrogen) atoms. The predicted molar refractivity (Wildman–Crippen MR) is 146 cm³/mol. The first-order valence-corrected chi connectivity index (χ1v) is 13.9. The number of anilines is 2. The van der Waals surface area contributed by atoms with Crippen molar-refractivity contribution in [2.45, 2.75) is 31.6 Å². The van der Waals surface area contributed by atoms with Crippen molar-refractivity contribution in [2.24, 2.45) is 0 Å². The molecule has 1 aromatic heterocycles. The molecule has 0 aliphatic carbocycles. The molecule has 0 amide bonds. The molecule has 0 saturated carbocycles. The Morgan fingerprint density at radius 2 is 1.94 bits per heavy atom. The van der Waals surface area contributed by atoms with Gasteiger partial charge >= 0.3 is 0 Å². The van der Waals surface area contributed by atoms with Crippen LogP contribution in [0.5, 0.6) is 0 Å². The Morgan fingerprint density at radius 1 is 1.26 bits per heavy atom. The predicted octanol–water partition coefficient (Wildman–Crippen LogP) is 2.50. The molecule has 1 aromatic carbocycles. The van der Waals surface area contributed by atoms with Crippen molar-refractivity contribution in [3.8, 4) is 11.4 Å². The summed E-state index contributed by atoms with van der Waals surface area (Å²) in [6.45, 7) is 8.91. The topological polar surface area (TPSA) is 99.7 Å². The number of ether oxygens (including phenoxy) is 1. The molecule has 3 rings (SSSR count). The van der Waals surface area contributed by atoms with Gasteiger partial charge in [-0.15, -0.1) is 0 Å². The van der Waals surface area contributed by atoms with Gasteiger partial charge in [0.15, 0.2) is 20.8 Å². The highest BCUT2D eigenvalue weighted by Gasteiger charge is 2.35. The Labute approximate surface area is 214 Å². The van der Waals surface area contributed by atoms with Crippen LogP contribution in [0.3, 0.4) is 0 Å². The standard InChI is InChI=1S/C24H36N6O3S2/c1-17-16-33-14-13-30(17)21-15-20(24(2,3)35(6,31)32)27-22(28-21)18-7-9-19(10-8-18)26-23(34)25-11-12-29(4)5/h7-10,15,17H,11-14,16H2,1-6H3,(H2,25,26,34)/t17-/m0/s1. The second-order valence-corrected chi connectivity index (χ2v) is 12.6. The maximum Gasteiger partial charge on any atom is 0.170 e. The number of benzene rings is 1. The minimum absolute atomic E-state index is 0.119. The molecule has 11 heteroatoms. The zero-order chi connectivity index (χ0) is 25.8. The number of sulfone groups is 1. The van der Waals surface area contributed by atoms with E-state index in [0.29, 0.717) is 42.2 Å². The van der Waals surface area contributed by atoms with Crippen LogP contribution in [0.1, 0.15) is 26.5 Å². The number of aromatic nitrogens is 2. The first-order chi connectivity index (χ1) is 16.4. The number of rotatable bonds is 8. The normalized spacial score (nSPS) is 16.9. The van der Waals surface area contributed by atoms with Crippen molar-refractivity contribution in [1.82, 2.24) is 20.2 Å². The highest BCUT2D eigenvalue weighted by Crippen LogP contribution is 2.32. The molecule has 0 bridgehead atoms. The molecule has 192 valence electrons. The monoisotopic (exact) mass is 520 g/mol. The van der Waals surface area contributed by atoms with E-state index in [1.807, 2.05) is 38.4 Å². The Kier molecular flexibility index (Phi) is 8.68. The number of hydrogen-bond donors (Lipinski definition) is 2. The summed E-state index contributed by atoms with van der Waals surface area (Å²) < 4.78 is 29.6. The summed E-state index contributed by atoms with van der Waals surface area (Å²) in [6.07, 6.45) is 1.24. The van der Waals surface area contributed by atoms with Gasteiger partial charge in [-0.05, 0) is 71.3 Å². The van der Waals surface area contributed by atoms with E-state index in [0.717, 1.165) is 24.3 Å². The smallest absolute Gasteiger partial charge is 0.170 e. The maximum absolute atomic E-state index is 12.6. The average Bonchev–Trinajstić information content (AvgIpc) is 2.78. The molecule has 2 heterocycles. The number of nitrogens with one attached hydrogen (secondary N) is 2. The van der Waals surface area contributed by atoms with Gasteiger partial charge in [0.25, 0.3) is 0 Å². The van der Waals surface area contributed by atoms with E-state index in [-0.39, 0.29) is 6.04 Å². The molecule has 1 aliphatic heterocycles. The lowest BCUT2D eigenvalue weighted by molar-refractivity contribution is 0.0985. The molecule has 1 fully saturated rings. The van der Waals surface area contributed by atoms with Gasteiger partial charge < -0.3 is 25.2 Å². The third kappa shape index (κ3) is 6.87. The van der Waals surface area contributed by atoms with Gasteiger partial charge in [0.05, 0.1) is 24.9 Å². The van der Waals surface area contributed by atoms with Gasteiger partial charge in [0.1, 0.15) is 10.6 Å². The third-order valence-electron chi connectivity index (χ3n) is 6.16. The fourth-order valence-electron chi connectivity index (χ4n) is 3.55. The summed E-state index contributed by atoms with van der Waals surface area (Å²) in [4.78, 5) is 13.7. The fourth-order valence-corrected chi connectivity index (χ4v) is 4.25. The first-order valence-electron chi connectivity index (χ1n) is 11.6. The molecule has 2 aromatic rings. The number of thiocarbonyl (C=S) groups is 1. The lowest BCUT2D eigenvalue weighted by Gasteiger charge is -2.35. The maximum atomic E-state index is 12.6. The van der Waals surface area contributed by atoms with Crippen LogP contribution in [-0.2, 0) is 19.3 Å². The molecule has 0 spiro atoms. The van der Waals surface area contributed by atoms with Crippen LogP contribution < -0.4 is 15.5 Å². The third-order valence-corrected chi connectivity index (χ3v) is 8.47. The van der Waals surface area contributed by atoms with E-state index in [4.69, 9.17) is 26.9 Å². The van der Waals surface area contributed by atoms with Crippen molar-refractivity contribution in [1.29, 1.82) is 0 Å². The summed E-state index contributed by atoms with van der Waals surface area (Å²) in [5.41, 5.74) is 2.09. The number of hydrogen-bond acceptors (Lipinski definition) is 8. The van der Waals surface area contributed by atoms with Crippen molar-refractivity contribution in [3.05, 3.63) is 36.0 Å². The van der Waals surface area contributed by atoms with Crippen molar-refractivity contribution in [2.75, 3.05) is 63.4 Å². The second-order valence-electron chi connectivity index (χ2n) is 9.60. The van der Waals surface area contributed by atoms with Crippen LogP contribution >= 0.6 is 12.2 Å². The largest absolute Gasteiger partial charge is 0.377 e. The van der Waals surface area contributed by atoms with Crippen LogP contribution in [0.2, 0.25) is 0 Å². The van der Waals surface area contributed by atoms with Crippen molar-refractivity contribution < 1.29 is 13.2 Å². The summed E-state index contributed by atoms with van der Waals surface area (Å²) in [5, 5.41) is 6.91. The van der Waals surface area contributed by atoms with Crippen LogP contribution in [0.25, 0.3) is 11.4 Å². The quantitative estimate of drug-likeness (QED) is 0.505. The zero-order valence-electron chi connectivity index (χ0n) is 21.3. The molecule has 1 saturated heterocycles. The van der Waals surface area contributed by atoms with E-state index < -0.39 is 14.6 Å². The highest BCUT2D eigenvalue weighted by molar-refractivity contribution is 7.91. The molecule has 1 aliphatic rings. The molecular formula is C24H36N6O3S2. The molecule has 9 nitrogen and oxygen atoms in total. The fraction of sp³-hybridized carbons (Fsp3) is 0.542. The molecular weight excluding hydrogens is 484 g/mol. The summed E-state index contributed by atoms with van der Waals surface area (Å²) in [7, 11) is 0.604. The van der Waals surface area contributed by atoms with Gasteiger partial charge in [-0.2, -0.15) is 0 Å². The highest BCUT2D eigenvalue weighted by atomic mass is 32.2. The minimum atomic E-state index is -3.42. The first kappa shape index (κ1) is 27.3. The number of morpholine rings is 1. The lowest BCUT2D eigenvalue weighted by Crippen LogP contribution is -2.44. The Bertz CT molecular complexity index is 1140. The SMILES string of the molecule is C[C@H]1COCCN1c1cc(C(C)(C)S(C)(=O)=O)nc(-c2ccc(NC(=S)NCCN(C)C)cc2)n1. The van der Waals surface area contributed by atoms with E-state index in [9.17, 15) is 8.42 Å². The van der Waals surface area contributed by atoms with Crippen LogP contribution in [-0.4, -0.2) is 87.6 Å². The number of nitrogens with zero attached hydrogens (tertiary/aromatic N) is 4. The second kappa shape index (κ2) is 11.2. The van der Waals surface area contributed by atoms with Crippen molar-refractivity contribution >= 4 is 38.7 Å². The minimum Gasteiger partial charge on any atom is -0.377 e. The van der Waals surface area contributed by atoms with E-state index in [2.05, 4.69) is 27.4 Å². The van der Waals surface area contributed by atoms with Gasteiger partial charge in [0, 0.05) is 43.2 Å². The van der Waals surface area contributed by atoms with Gasteiger partial charge in [-0.25, -0.2) is 18.4 Å². The molecule has 0 unspecified atom stereocenters. The summed E-state index contributed by atoms with van der Waals surface area (Å²) in [5.74, 6) is 1.18. The molecule has 1 atom stereocenters. The van der Waals surface area contributed by atoms with Crippen molar-refractivity contribution in [3.63, 3.8) is 0 Å². The Balaban J connectivity index is 1.91.